The summed E-state index contributed by atoms with van der Waals surface area (Å²) < 4.78 is 8.72. The van der Waals surface area contributed by atoms with Gasteiger partial charge in [0.2, 0.25) is 0 Å². The van der Waals surface area contributed by atoms with Crippen LogP contribution < -0.4 is 0 Å². The minimum Gasteiger partial charge on any atom is -0.381 e. The Morgan fingerprint density at radius 3 is 1.86 bits per heavy atom. The van der Waals surface area contributed by atoms with E-state index >= 15 is 0 Å². The Labute approximate surface area is 47.1 Å². The number of hydrogen-bond acceptors (Lipinski definition) is 3. The second-order valence-corrected chi connectivity index (χ2v) is 1.28. The van der Waals surface area contributed by atoms with Crippen molar-refractivity contribution >= 4 is 26.1 Å². The van der Waals surface area contributed by atoms with E-state index in [1.807, 2.05) is 18.9 Å². The van der Waals surface area contributed by atoms with E-state index in [0.717, 1.165) is 0 Å². The van der Waals surface area contributed by atoms with Gasteiger partial charge in [0.05, 0.1) is 5.97 Å². The summed E-state index contributed by atoms with van der Waals surface area (Å²) in [7, 11) is 3.06. The average molecular weight is 135 g/mol. The van der Waals surface area contributed by atoms with Crippen LogP contribution in [0.1, 0.15) is 0 Å². The lowest BCUT2D eigenvalue weighted by molar-refractivity contribution is 0.522. The van der Waals surface area contributed by atoms with Crippen LogP contribution in [0, 0.1) is 11.2 Å². The Morgan fingerprint density at radius 2 is 1.86 bits per heavy atom. The third-order valence-electron chi connectivity index (χ3n) is 0.353. The third kappa shape index (κ3) is 2.97. The van der Waals surface area contributed by atoms with Gasteiger partial charge in [0.25, 0.3) is 0 Å². The number of nitriles is 1. The second kappa shape index (κ2) is 4.49. The minimum absolute atomic E-state index is 0.782. The number of hydrogen-bond donors (Lipinski definition) is 0. The van der Waals surface area contributed by atoms with E-state index in [2.05, 4.69) is 8.88 Å². The second-order valence-electron chi connectivity index (χ2n) is 0.733. The molecule has 0 rings (SSSR count). The lowest BCUT2D eigenvalue weighted by Crippen LogP contribution is -2.09. The van der Waals surface area contributed by atoms with Crippen LogP contribution in [0.4, 0.5) is 0 Å². The number of nitrogens with zero attached hydrogens (tertiary/aromatic N) is 1. The average Bonchev–Trinajstić information content (AvgIpc) is 1.72. The van der Waals surface area contributed by atoms with Gasteiger partial charge in [0, 0.05) is 0 Å². The van der Waals surface area contributed by atoms with Gasteiger partial charge in [-0.1, -0.05) is 0 Å². The molecule has 0 aliphatic carbocycles. The van der Waals surface area contributed by atoms with E-state index in [0.29, 0.717) is 0 Å². The maximum absolute atomic E-state index is 8.00. The minimum atomic E-state index is -0.782. The monoisotopic (exact) mass is 135 g/mol. The van der Waals surface area contributed by atoms with Crippen molar-refractivity contribution in [3.8, 4) is 5.97 Å². The molecule has 3 nitrogen and oxygen atoms in total. The van der Waals surface area contributed by atoms with Crippen LogP contribution in [0.15, 0.2) is 0 Å². The molecule has 0 aromatic carbocycles. The normalized spacial score (nSPS) is 7.57. The van der Waals surface area contributed by atoms with E-state index in [9.17, 15) is 0 Å². The standard InChI is InChI=1S/CH4BNO2P2/c3-1-2(4-6)5-7/h6-7H2. The predicted molar refractivity (Wildman–Crippen MR) is 33.0 cm³/mol. The molecular weight excluding hydrogens is 131 g/mol. The van der Waals surface area contributed by atoms with Crippen LogP contribution in [-0.2, 0) is 8.88 Å². The molecule has 0 aliphatic rings. The lowest BCUT2D eigenvalue weighted by Gasteiger charge is -1.92. The Bertz CT molecular complexity index is 78.2. The first-order chi connectivity index (χ1) is 3.35. The summed E-state index contributed by atoms with van der Waals surface area (Å²) in [6.45, 7) is 0. The molecule has 0 saturated carbocycles. The zero-order valence-electron chi connectivity index (χ0n) is 3.50. The quantitative estimate of drug-likeness (QED) is 0.399. The Hall–Kier alpha value is 0.335. The first-order valence-corrected chi connectivity index (χ1v) is 2.40. The first kappa shape index (κ1) is 7.33. The Kier molecular flexibility index (Phi) is 4.71. The van der Waals surface area contributed by atoms with Gasteiger partial charge in [0.1, 0.15) is 0 Å². The Morgan fingerprint density at radius 1 is 1.43 bits per heavy atom. The summed E-state index contributed by atoms with van der Waals surface area (Å²) in [5.74, 6) is 1.72. The maximum Gasteiger partial charge on any atom is 0.584 e. The van der Waals surface area contributed by atoms with E-state index in [-0.39, 0.29) is 0 Å². The summed E-state index contributed by atoms with van der Waals surface area (Å²) in [6, 6.07) is 0. The molecule has 0 fully saturated rings. The molecule has 0 bridgehead atoms. The molecule has 2 unspecified atom stereocenters. The Balaban J connectivity index is 3.23. The highest BCUT2D eigenvalue weighted by Crippen LogP contribution is 1.97. The van der Waals surface area contributed by atoms with Crippen LogP contribution in [0.3, 0.4) is 0 Å². The summed E-state index contributed by atoms with van der Waals surface area (Å²) in [5, 5.41) is 8.00. The van der Waals surface area contributed by atoms with Crippen molar-refractivity contribution in [3.05, 3.63) is 0 Å². The summed E-state index contributed by atoms with van der Waals surface area (Å²) in [4.78, 5) is 0. The number of rotatable bonds is 2. The van der Waals surface area contributed by atoms with Gasteiger partial charge >= 0.3 is 7.12 Å². The van der Waals surface area contributed by atoms with Crippen LogP contribution in [-0.4, -0.2) is 7.12 Å². The fourth-order valence-electron chi connectivity index (χ4n) is 0.0929. The lowest BCUT2D eigenvalue weighted by atomic mass is 9.97. The smallest absolute Gasteiger partial charge is 0.381 e. The predicted octanol–water partition coefficient (Wildman–Crippen LogP) is 0.151. The van der Waals surface area contributed by atoms with Gasteiger partial charge in [-0.05, 0) is 18.9 Å². The molecule has 0 aromatic rings. The summed E-state index contributed by atoms with van der Waals surface area (Å²) in [6.07, 6.45) is 0. The van der Waals surface area contributed by atoms with Gasteiger partial charge in [-0.15, -0.1) is 0 Å². The molecule has 0 aliphatic heterocycles. The summed E-state index contributed by atoms with van der Waals surface area (Å²) >= 11 is 0. The van der Waals surface area contributed by atoms with Crippen LogP contribution >= 0.6 is 18.9 Å². The topological polar surface area (TPSA) is 42.2 Å². The first-order valence-electron chi connectivity index (χ1n) is 1.46. The van der Waals surface area contributed by atoms with E-state index in [1.165, 1.54) is 0 Å². The van der Waals surface area contributed by atoms with Crippen LogP contribution in [0.5, 0.6) is 0 Å². The molecule has 0 radical (unpaired) electrons. The zero-order valence-corrected chi connectivity index (χ0v) is 5.81. The highest BCUT2D eigenvalue weighted by molar-refractivity contribution is 7.16. The van der Waals surface area contributed by atoms with Gasteiger partial charge < -0.3 is 8.88 Å². The molecule has 0 saturated heterocycles. The highest BCUT2D eigenvalue weighted by Gasteiger charge is 2.11. The van der Waals surface area contributed by atoms with Crippen molar-refractivity contribution in [1.82, 2.24) is 0 Å². The largest absolute Gasteiger partial charge is 0.584 e. The highest BCUT2D eigenvalue weighted by atomic mass is 31.0. The SMILES string of the molecule is N#CB(OP)OP. The zero-order chi connectivity index (χ0) is 5.70. The van der Waals surface area contributed by atoms with Crippen molar-refractivity contribution in [2.24, 2.45) is 0 Å². The molecule has 0 N–H and O–H groups in total. The van der Waals surface area contributed by atoms with Gasteiger partial charge in [-0.3, -0.25) is 0 Å². The van der Waals surface area contributed by atoms with Gasteiger partial charge in [0.15, 0.2) is 0 Å². The molecule has 2 atom stereocenters. The molecule has 0 amide bonds. The van der Waals surface area contributed by atoms with Crippen molar-refractivity contribution in [2.45, 2.75) is 0 Å². The molecule has 6 heteroatoms. The molecule has 0 aromatic heterocycles. The van der Waals surface area contributed by atoms with Crippen molar-refractivity contribution in [3.63, 3.8) is 0 Å². The fourth-order valence-corrected chi connectivity index (χ4v) is 0.471. The van der Waals surface area contributed by atoms with Crippen LogP contribution in [0.2, 0.25) is 0 Å². The molecule has 38 valence electrons. The molecule has 0 spiro atoms. The van der Waals surface area contributed by atoms with E-state index < -0.39 is 7.12 Å². The fraction of sp³-hybridized carbons (Fsp3) is 0. The van der Waals surface area contributed by atoms with E-state index in [4.69, 9.17) is 5.26 Å². The van der Waals surface area contributed by atoms with Gasteiger partial charge in [-0.2, -0.15) is 0 Å². The van der Waals surface area contributed by atoms with Crippen LogP contribution in [0.25, 0.3) is 0 Å². The van der Waals surface area contributed by atoms with Crippen molar-refractivity contribution < 1.29 is 8.88 Å². The summed E-state index contributed by atoms with van der Waals surface area (Å²) in [5.41, 5.74) is 0. The van der Waals surface area contributed by atoms with Crippen molar-refractivity contribution in [2.75, 3.05) is 0 Å². The third-order valence-corrected chi connectivity index (χ3v) is 0.847. The molecular formula is CH4BNO2P2. The molecule has 7 heavy (non-hydrogen) atoms. The van der Waals surface area contributed by atoms with Gasteiger partial charge in [-0.25, -0.2) is 5.26 Å². The van der Waals surface area contributed by atoms with E-state index in [1.54, 1.807) is 5.97 Å². The maximum atomic E-state index is 8.00. The molecule has 0 heterocycles. The van der Waals surface area contributed by atoms with Crippen molar-refractivity contribution in [1.29, 1.82) is 5.26 Å².